The Morgan fingerprint density at radius 3 is 1.64 bits per heavy atom. The molecule has 1 N–H and O–H groups in total. The van der Waals surface area contributed by atoms with E-state index in [0.29, 0.717) is 48.0 Å². The molecule has 6 heterocycles. The van der Waals surface area contributed by atoms with E-state index in [4.69, 9.17) is 26.1 Å². The molecule has 4 aliphatic rings. The average Bonchev–Trinajstić information content (AvgIpc) is 3.24. The predicted molar refractivity (Wildman–Crippen MR) is 226 cm³/mol. The number of anilines is 6. The summed E-state index contributed by atoms with van der Waals surface area (Å²) >= 11 is 6.28. The monoisotopic (exact) mass is 819 g/mol. The van der Waals surface area contributed by atoms with E-state index in [1.807, 2.05) is 13.8 Å². The van der Waals surface area contributed by atoms with Gasteiger partial charge in [0.2, 0.25) is 0 Å². The summed E-state index contributed by atoms with van der Waals surface area (Å²) in [7, 11) is 0. The molecule has 4 saturated heterocycles. The standard InChI is InChI=1S/C29H35F2N5O2.C15H15ClF2N2/c1-20-28(27-23(31)17-21(30)18-25(27)33-29(20)36-7-3-2-4-8-36)32-24-19-22(34-9-13-37-14-10-34)5-6-26(24)35-11-15-38-16-12-35;1-9-14(16)13-11(18)7-10(17)8-12(13)19-15(9)20-5-3-2-4-6-20/h5-6,17-19H,2-4,7-16H2,1H3,(H,32,33);7-8H,2-6H2,1H3. The van der Waals surface area contributed by atoms with E-state index in [-0.39, 0.29) is 10.9 Å². The second-order valence-electron chi connectivity index (χ2n) is 15.5. The number of halogens is 5. The van der Waals surface area contributed by atoms with Crippen molar-refractivity contribution in [3.63, 3.8) is 0 Å². The highest BCUT2D eigenvalue weighted by Crippen LogP contribution is 2.41. The fourth-order valence-corrected chi connectivity index (χ4v) is 8.85. The molecule has 2 aromatic heterocycles. The predicted octanol–water partition coefficient (Wildman–Crippen LogP) is 9.69. The van der Waals surface area contributed by atoms with Crippen molar-refractivity contribution in [3.05, 3.63) is 81.9 Å². The van der Waals surface area contributed by atoms with Crippen LogP contribution in [0.5, 0.6) is 0 Å². The van der Waals surface area contributed by atoms with E-state index in [0.717, 1.165) is 130 Å². The van der Waals surface area contributed by atoms with Crippen molar-refractivity contribution >= 4 is 67.8 Å². The molecule has 0 amide bonds. The normalized spacial score (nSPS) is 17.8. The van der Waals surface area contributed by atoms with Crippen LogP contribution in [0.2, 0.25) is 5.02 Å². The van der Waals surface area contributed by atoms with E-state index in [9.17, 15) is 13.2 Å². The number of fused-ring (bicyclic) bond motifs is 2. The van der Waals surface area contributed by atoms with Gasteiger partial charge in [0, 0.05) is 93.4 Å². The summed E-state index contributed by atoms with van der Waals surface area (Å²) in [4.78, 5) is 18.2. The van der Waals surface area contributed by atoms with E-state index < -0.39 is 23.3 Å². The molecule has 0 radical (unpaired) electrons. The van der Waals surface area contributed by atoms with Gasteiger partial charge in [0.25, 0.3) is 0 Å². The van der Waals surface area contributed by atoms with Crippen molar-refractivity contribution in [2.45, 2.75) is 52.4 Å². The summed E-state index contributed by atoms with van der Waals surface area (Å²) in [5.41, 5.74) is 5.89. The van der Waals surface area contributed by atoms with Crippen LogP contribution in [0.15, 0.2) is 42.5 Å². The first-order valence-corrected chi connectivity index (χ1v) is 20.8. The summed E-state index contributed by atoms with van der Waals surface area (Å²) in [6, 6.07) is 10.8. The number of pyridine rings is 2. The minimum absolute atomic E-state index is 0.200. The summed E-state index contributed by atoms with van der Waals surface area (Å²) < 4.78 is 68.2. The molecular formula is C44H50ClF4N7O2. The molecule has 0 aliphatic carbocycles. The molecular weight excluding hydrogens is 770 g/mol. The molecule has 308 valence electrons. The lowest BCUT2D eigenvalue weighted by Gasteiger charge is -2.34. The Balaban J connectivity index is 0.000000197. The van der Waals surface area contributed by atoms with Crippen molar-refractivity contribution in [3.8, 4) is 0 Å². The maximum Gasteiger partial charge on any atom is 0.137 e. The maximum atomic E-state index is 15.4. The minimum atomic E-state index is -0.661. The highest BCUT2D eigenvalue weighted by atomic mass is 35.5. The van der Waals surface area contributed by atoms with Crippen LogP contribution in [-0.4, -0.2) is 88.8 Å². The molecule has 58 heavy (non-hydrogen) atoms. The molecule has 9 nitrogen and oxygen atoms in total. The van der Waals surface area contributed by atoms with Gasteiger partial charge in [-0.25, -0.2) is 27.5 Å². The smallest absolute Gasteiger partial charge is 0.137 e. The van der Waals surface area contributed by atoms with Crippen molar-refractivity contribution < 1.29 is 27.0 Å². The zero-order valence-electron chi connectivity index (χ0n) is 33.2. The molecule has 0 atom stereocenters. The van der Waals surface area contributed by atoms with Gasteiger partial charge >= 0.3 is 0 Å². The van der Waals surface area contributed by atoms with Crippen LogP contribution in [0.4, 0.5) is 51.9 Å². The molecule has 9 rings (SSSR count). The third-order valence-electron chi connectivity index (χ3n) is 11.6. The lowest BCUT2D eigenvalue weighted by Crippen LogP contribution is -2.37. The highest BCUT2D eigenvalue weighted by molar-refractivity contribution is 6.36. The molecule has 0 unspecified atom stereocenters. The van der Waals surface area contributed by atoms with Gasteiger partial charge in [0.1, 0.15) is 34.9 Å². The quantitative estimate of drug-likeness (QED) is 0.169. The number of piperidine rings is 2. The first-order chi connectivity index (χ1) is 28.2. The Bertz CT molecular complexity index is 2270. The number of ether oxygens (including phenoxy) is 2. The van der Waals surface area contributed by atoms with Crippen LogP contribution in [-0.2, 0) is 9.47 Å². The third-order valence-corrected chi connectivity index (χ3v) is 12.1. The van der Waals surface area contributed by atoms with Crippen LogP contribution in [0.3, 0.4) is 0 Å². The second kappa shape index (κ2) is 17.7. The van der Waals surface area contributed by atoms with E-state index in [1.54, 1.807) is 0 Å². The van der Waals surface area contributed by atoms with Gasteiger partial charge in [-0.2, -0.15) is 0 Å². The number of aromatic nitrogens is 2. The van der Waals surface area contributed by atoms with Crippen LogP contribution < -0.4 is 24.9 Å². The van der Waals surface area contributed by atoms with Gasteiger partial charge < -0.3 is 34.4 Å². The molecule has 0 spiro atoms. The molecule has 5 aromatic rings. The zero-order valence-corrected chi connectivity index (χ0v) is 33.9. The molecule has 4 fully saturated rings. The molecule has 0 bridgehead atoms. The Morgan fingerprint density at radius 2 is 1.07 bits per heavy atom. The summed E-state index contributed by atoms with van der Waals surface area (Å²) in [5.74, 6) is -0.988. The largest absolute Gasteiger partial charge is 0.378 e. The third kappa shape index (κ3) is 8.44. The second-order valence-corrected chi connectivity index (χ2v) is 15.9. The van der Waals surface area contributed by atoms with Crippen LogP contribution in [0.25, 0.3) is 21.8 Å². The van der Waals surface area contributed by atoms with Crippen molar-refractivity contribution in [1.82, 2.24) is 9.97 Å². The van der Waals surface area contributed by atoms with E-state index >= 15 is 4.39 Å². The van der Waals surface area contributed by atoms with Gasteiger partial charge in [0.05, 0.1) is 70.3 Å². The van der Waals surface area contributed by atoms with Gasteiger partial charge in [-0.15, -0.1) is 0 Å². The summed E-state index contributed by atoms with van der Waals surface area (Å²) in [6.45, 7) is 13.3. The van der Waals surface area contributed by atoms with Gasteiger partial charge in [-0.3, -0.25) is 0 Å². The number of benzene rings is 3. The number of hydrogen-bond donors (Lipinski definition) is 1. The highest BCUT2D eigenvalue weighted by Gasteiger charge is 2.25. The Hall–Kier alpha value is -4.59. The van der Waals surface area contributed by atoms with Crippen molar-refractivity contribution in [2.24, 2.45) is 0 Å². The lowest BCUT2D eigenvalue weighted by atomic mass is 10.0. The SMILES string of the molecule is Cc1c(N2CCCCC2)nc2cc(F)cc(F)c2c1Cl.Cc1c(N2CCCCC2)nc2cc(F)cc(F)c2c1Nc1cc(N2CCOCC2)ccc1N1CCOCC1. The zero-order chi connectivity index (χ0) is 40.3. The fourth-order valence-electron chi connectivity index (χ4n) is 8.58. The Labute approximate surface area is 341 Å². The number of nitrogens with zero attached hydrogens (tertiary/aromatic N) is 6. The Morgan fingerprint density at radius 1 is 0.569 bits per heavy atom. The molecule has 3 aromatic carbocycles. The van der Waals surface area contributed by atoms with Gasteiger partial charge in [-0.1, -0.05) is 11.6 Å². The van der Waals surface area contributed by atoms with Gasteiger partial charge in [0.15, 0.2) is 0 Å². The number of nitrogens with one attached hydrogen (secondary N) is 1. The summed E-state index contributed by atoms with van der Waals surface area (Å²) in [5, 5.41) is 4.47. The van der Waals surface area contributed by atoms with E-state index in [1.165, 1.54) is 25.0 Å². The maximum absolute atomic E-state index is 15.4. The first kappa shape index (κ1) is 40.2. The molecule has 0 saturated carbocycles. The lowest BCUT2D eigenvalue weighted by molar-refractivity contribution is 0.122. The van der Waals surface area contributed by atoms with Crippen molar-refractivity contribution in [2.75, 3.05) is 104 Å². The molecule has 4 aliphatic heterocycles. The first-order valence-electron chi connectivity index (χ1n) is 20.5. The van der Waals surface area contributed by atoms with E-state index in [2.05, 4.69) is 48.1 Å². The van der Waals surface area contributed by atoms with Gasteiger partial charge in [-0.05, 0) is 70.6 Å². The fraction of sp³-hybridized carbons (Fsp3) is 0.455. The topological polar surface area (TPSA) is 69.2 Å². The number of hydrogen-bond acceptors (Lipinski definition) is 9. The minimum Gasteiger partial charge on any atom is -0.378 e. The summed E-state index contributed by atoms with van der Waals surface area (Å²) in [6.07, 6.45) is 6.78. The molecule has 14 heteroatoms. The van der Waals surface area contributed by atoms with Crippen LogP contribution in [0, 0.1) is 37.1 Å². The van der Waals surface area contributed by atoms with Crippen LogP contribution in [0.1, 0.15) is 49.7 Å². The average molecular weight is 820 g/mol. The Kier molecular flexibility index (Phi) is 12.3. The van der Waals surface area contributed by atoms with Crippen LogP contribution >= 0.6 is 11.6 Å². The van der Waals surface area contributed by atoms with Crippen molar-refractivity contribution in [1.29, 1.82) is 0 Å². The number of rotatable bonds is 6. The number of morpholine rings is 2.